The number of hydrogen-bond donors (Lipinski definition) is 0. The van der Waals surface area contributed by atoms with Gasteiger partial charge in [-0.25, -0.2) is 9.78 Å². The van der Waals surface area contributed by atoms with Crippen LogP contribution in [0.15, 0.2) is 16.7 Å². The van der Waals surface area contributed by atoms with Crippen LogP contribution in [0.3, 0.4) is 0 Å². The summed E-state index contributed by atoms with van der Waals surface area (Å²) in [7, 11) is 0. The van der Waals surface area contributed by atoms with Gasteiger partial charge in [0.2, 0.25) is 0 Å². The van der Waals surface area contributed by atoms with Crippen molar-refractivity contribution in [3.8, 4) is 0 Å². The van der Waals surface area contributed by atoms with Gasteiger partial charge in [-0.05, 0) is 48.8 Å². The van der Waals surface area contributed by atoms with Crippen LogP contribution < -0.4 is 4.90 Å². The number of amides is 1. The van der Waals surface area contributed by atoms with Gasteiger partial charge in [-0.3, -0.25) is 0 Å². The zero-order valence-corrected chi connectivity index (χ0v) is 14.7. The van der Waals surface area contributed by atoms with Crippen molar-refractivity contribution in [1.29, 1.82) is 0 Å². The molecule has 2 rings (SSSR count). The number of halogens is 2. The number of carbonyl (C=O) groups is 1. The van der Waals surface area contributed by atoms with E-state index in [4.69, 9.17) is 16.3 Å². The second kappa shape index (κ2) is 6.40. The van der Waals surface area contributed by atoms with Crippen LogP contribution in [-0.4, -0.2) is 47.8 Å². The third-order valence-electron chi connectivity index (χ3n) is 3.00. The summed E-state index contributed by atoms with van der Waals surface area (Å²) >= 11 is 9.38. The van der Waals surface area contributed by atoms with Crippen LogP contribution >= 0.6 is 27.5 Å². The van der Waals surface area contributed by atoms with Gasteiger partial charge in [0.1, 0.15) is 16.0 Å². The normalized spacial score (nSPS) is 16.0. The molecule has 1 amide bonds. The molecule has 1 aromatic rings. The van der Waals surface area contributed by atoms with E-state index in [1.807, 2.05) is 26.8 Å². The molecule has 5 nitrogen and oxygen atoms in total. The Morgan fingerprint density at radius 2 is 1.90 bits per heavy atom. The quantitative estimate of drug-likeness (QED) is 0.703. The smallest absolute Gasteiger partial charge is 0.410 e. The molecule has 1 aliphatic rings. The molecule has 21 heavy (non-hydrogen) atoms. The van der Waals surface area contributed by atoms with Gasteiger partial charge in [-0.2, -0.15) is 0 Å². The van der Waals surface area contributed by atoms with E-state index >= 15 is 0 Å². The van der Waals surface area contributed by atoms with E-state index in [2.05, 4.69) is 25.8 Å². The number of hydrogen-bond acceptors (Lipinski definition) is 4. The van der Waals surface area contributed by atoms with Crippen molar-refractivity contribution < 1.29 is 9.53 Å². The molecule has 0 aliphatic carbocycles. The van der Waals surface area contributed by atoms with Gasteiger partial charge < -0.3 is 14.5 Å². The predicted octanol–water partition coefficient (Wildman–Crippen LogP) is 3.55. The van der Waals surface area contributed by atoms with Gasteiger partial charge in [-0.1, -0.05) is 11.6 Å². The summed E-state index contributed by atoms with van der Waals surface area (Å²) < 4.78 is 6.09. The number of nitrogens with zero attached hydrogens (tertiary/aromatic N) is 3. The lowest BCUT2D eigenvalue weighted by Gasteiger charge is -2.36. The van der Waals surface area contributed by atoms with E-state index in [9.17, 15) is 4.79 Å². The number of rotatable bonds is 1. The second-order valence-electron chi connectivity index (χ2n) is 5.92. The van der Waals surface area contributed by atoms with E-state index in [1.54, 1.807) is 11.0 Å². The second-order valence-corrected chi connectivity index (χ2v) is 7.17. The lowest BCUT2D eigenvalue weighted by molar-refractivity contribution is 0.0240. The molecule has 0 unspecified atom stereocenters. The fourth-order valence-electron chi connectivity index (χ4n) is 2.06. The number of aromatic nitrogens is 1. The van der Waals surface area contributed by atoms with Crippen LogP contribution in [0.1, 0.15) is 20.8 Å². The van der Waals surface area contributed by atoms with Crippen molar-refractivity contribution in [1.82, 2.24) is 9.88 Å². The Morgan fingerprint density at radius 1 is 1.29 bits per heavy atom. The monoisotopic (exact) mass is 375 g/mol. The average molecular weight is 377 g/mol. The number of ether oxygens (including phenoxy) is 1. The molecule has 0 spiro atoms. The van der Waals surface area contributed by atoms with E-state index < -0.39 is 5.60 Å². The Morgan fingerprint density at radius 3 is 2.43 bits per heavy atom. The maximum atomic E-state index is 12.0. The minimum Gasteiger partial charge on any atom is -0.444 e. The van der Waals surface area contributed by atoms with Crippen LogP contribution in [0.4, 0.5) is 10.6 Å². The molecule has 0 saturated carbocycles. The Labute approximate surface area is 138 Å². The molecule has 7 heteroatoms. The third-order valence-corrected chi connectivity index (χ3v) is 3.63. The number of pyridine rings is 1. The first-order valence-electron chi connectivity index (χ1n) is 6.80. The molecule has 116 valence electrons. The van der Waals surface area contributed by atoms with E-state index in [0.717, 1.165) is 5.82 Å². The molecular weight excluding hydrogens is 358 g/mol. The van der Waals surface area contributed by atoms with Crippen LogP contribution in [0.25, 0.3) is 0 Å². The first-order chi connectivity index (χ1) is 9.74. The summed E-state index contributed by atoms with van der Waals surface area (Å²) in [5, 5.41) is 0.640. The van der Waals surface area contributed by atoms with Crippen molar-refractivity contribution in [2.75, 3.05) is 31.1 Å². The first kappa shape index (κ1) is 16.4. The van der Waals surface area contributed by atoms with Gasteiger partial charge in [0.05, 0.1) is 0 Å². The number of carbonyl (C=O) groups excluding carboxylic acids is 1. The predicted molar refractivity (Wildman–Crippen MR) is 87.0 cm³/mol. The van der Waals surface area contributed by atoms with Crippen molar-refractivity contribution in [3.05, 3.63) is 21.8 Å². The minimum absolute atomic E-state index is 0.262. The van der Waals surface area contributed by atoms with Gasteiger partial charge in [0.25, 0.3) is 0 Å². The molecule has 1 saturated heterocycles. The maximum absolute atomic E-state index is 12.0. The standard InChI is InChI=1S/C14H19BrClN3O2/c1-14(2,3)21-13(20)19-6-4-18(5-7-19)12-9-10(16)8-11(15)17-12/h8-9H,4-7H2,1-3H3. The third kappa shape index (κ3) is 4.74. The summed E-state index contributed by atoms with van der Waals surface area (Å²) in [5.74, 6) is 0.818. The summed E-state index contributed by atoms with van der Waals surface area (Å²) in [6.45, 7) is 8.25. The highest BCUT2D eigenvalue weighted by atomic mass is 79.9. The summed E-state index contributed by atoms with van der Waals surface area (Å²) in [6.07, 6.45) is -0.262. The highest BCUT2D eigenvalue weighted by molar-refractivity contribution is 9.10. The summed E-state index contributed by atoms with van der Waals surface area (Å²) in [5.41, 5.74) is -0.465. The topological polar surface area (TPSA) is 45.7 Å². The van der Waals surface area contributed by atoms with Crippen LogP contribution in [0.5, 0.6) is 0 Å². The van der Waals surface area contributed by atoms with Gasteiger partial charge >= 0.3 is 6.09 Å². The Bertz CT molecular complexity index is 505. The van der Waals surface area contributed by atoms with Crippen LogP contribution in [0.2, 0.25) is 5.02 Å². The molecule has 0 radical (unpaired) electrons. The van der Waals surface area contributed by atoms with Crippen molar-refractivity contribution >= 4 is 39.4 Å². The highest BCUT2D eigenvalue weighted by Gasteiger charge is 2.26. The van der Waals surface area contributed by atoms with Gasteiger partial charge in [0, 0.05) is 31.2 Å². The molecule has 1 fully saturated rings. The van der Waals surface area contributed by atoms with Gasteiger partial charge in [-0.15, -0.1) is 0 Å². The fraction of sp³-hybridized carbons (Fsp3) is 0.571. The minimum atomic E-state index is -0.465. The first-order valence-corrected chi connectivity index (χ1v) is 7.98. The molecule has 1 aliphatic heterocycles. The Hall–Kier alpha value is -1.01. The zero-order chi connectivity index (χ0) is 15.6. The molecular formula is C14H19BrClN3O2. The van der Waals surface area contributed by atoms with Crippen LogP contribution in [0, 0.1) is 0 Å². The summed E-state index contributed by atoms with van der Waals surface area (Å²) in [4.78, 5) is 20.2. The lowest BCUT2D eigenvalue weighted by Crippen LogP contribution is -2.50. The van der Waals surface area contributed by atoms with Gasteiger partial charge in [0.15, 0.2) is 0 Å². The van der Waals surface area contributed by atoms with Crippen molar-refractivity contribution in [3.63, 3.8) is 0 Å². The summed E-state index contributed by atoms with van der Waals surface area (Å²) in [6, 6.07) is 3.58. The molecule has 0 atom stereocenters. The van der Waals surface area contributed by atoms with E-state index in [0.29, 0.717) is 35.8 Å². The lowest BCUT2D eigenvalue weighted by atomic mass is 10.2. The SMILES string of the molecule is CC(C)(C)OC(=O)N1CCN(c2cc(Cl)cc(Br)n2)CC1. The molecule has 0 aromatic carbocycles. The Balaban J connectivity index is 1.95. The van der Waals surface area contributed by atoms with Crippen LogP contribution in [-0.2, 0) is 4.74 Å². The largest absolute Gasteiger partial charge is 0.444 e. The number of piperazine rings is 1. The molecule has 1 aromatic heterocycles. The fourth-order valence-corrected chi connectivity index (χ4v) is 2.82. The van der Waals surface area contributed by atoms with Crippen molar-refractivity contribution in [2.24, 2.45) is 0 Å². The number of anilines is 1. The Kier molecular flexibility index (Phi) is 4.99. The van der Waals surface area contributed by atoms with Crippen molar-refractivity contribution in [2.45, 2.75) is 26.4 Å². The molecule has 0 bridgehead atoms. The molecule has 0 N–H and O–H groups in total. The van der Waals surface area contributed by atoms with E-state index in [-0.39, 0.29) is 6.09 Å². The highest BCUT2D eigenvalue weighted by Crippen LogP contribution is 2.23. The maximum Gasteiger partial charge on any atom is 0.410 e. The zero-order valence-electron chi connectivity index (χ0n) is 12.4. The molecule has 2 heterocycles. The average Bonchev–Trinajstić information content (AvgIpc) is 2.35. The van der Waals surface area contributed by atoms with E-state index in [1.165, 1.54) is 0 Å².